The first kappa shape index (κ1) is 19.4. The molecule has 3 fully saturated rings. The minimum atomic E-state index is -1.02. The molecule has 6 heteroatoms. The number of epoxide rings is 1. The van der Waals surface area contributed by atoms with Gasteiger partial charge < -0.3 is 18.7 Å². The minimum Gasteiger partial charge on any atom is -0.465 e. The molecule has 152 valence electrons. The molecule has 1 unspecified atom stereocenters. The zero-order valence-corrected chi connectivity index (χ0v) is 16.9. The van der Waals surface area contributed by atoms with Crippen molar-refractivity contribution in [1.29, 1.82) is 0 Å². The molecule has 2 bridgehead atoms. The van der Waals surface area contributed by atoms with Gasteiger partial charge in [-0.2, -0.15) is 0 Å². The van der Waals surface area contributed by atoms with E-state index in [0.29, 0.717) is 36.5 Å². The molecule has 3 saturated heterocycles. The lowest BCUT2D eigenvalue weighted by Crippen LogP contribution is -2.60. The standard InChI is InChI=1S/C22H30NO5/c1-4-5-11-26-21(24)18(14-9-7-6-8-10-14)22(25)27-15-12-16-19-20(28-19)17(13-15)23(16,2)3/h6-10,15-20H,4-5,11-13H2,1-3H3/q+1/t15?,16-,17+,18-,19-,20+/m1/s1. The number of ether oxygens (including phenoxy) is 3. The van der Waals surface area contributed by atoms with Gasteiger partial charge in [-0.25, -0.2) is 0 Å². The van der Waals surface area contributed by atoms with Gasteiger partial charge in [-0.05, 0) is 12.0 Å². The van der Waals surface area contributed by atoms with Crippen LogP contribution in [0, 0.1) is 0 Å². The van der Waals surface area contributed by atoms with Crippen LogP contribution < -0.4 is 0 Å². The molecule has 3 heterocycles. The number of unbranched alkanes of at least 4 members (excludes halogenated alkanes) is 1. The molecule has 0 saturated carbocycles. The van der Waals surface area contributed by atoms with E-state index < -0.39 is 17.9 Å². The third-order valence-corrected chi connectivity index (χ3v) is 6.67. The van der Waals surface area contributed by atoms with Gasteiger partial charge in [0.15, 0.2) is 5.92 Å². The van der Waals surface area contributed by atoms with Crippen molar-refractivity contribution >= 4 is 11.9 Å². The molecule has 0 aromatic heterocycles. The van der Waals surface area contributed by atoms with Gasteiger partial charge >= 0.3 is 11.9 Å². The van der Waals surface area contributed by atoms with Crippen LogP contribution in [0.1, 0.15) is 44.1 Å². The fourth-order valence-corrected chi connectivity index (χ4v) is 4.95. The highest BCUT2D eigenvalue weighted by molar-refractivity contribution is 6.00. The summed E-state index contributed by atoms with van der Waals surface area (Å²) >= 11 is 0. The summed E-state index contributed by atoms with van der Waals surface area (Å²) in [4.78, 5) is 25.7. The average Bonchev–Trinajstić information content (AvgIpc) is 3.41. The summed E-state index contributed by atoms with van der Waals surface area (Å²) in [6.07, 6.45) is 3.70. The average molecular weight is 388 g/mol. The van der Waals surface area contributed by atoms with Gasteiger partial charge in [0.2, 0.25) is 0 Å². The summed E-state index contributed by atoms with van der Waals surface area (Å²) < 4.78 is 18.0. The number of quaternary nitrogens is 1. The Morgan fingerprint density at radius 1 is 1.11 bits per heavy atom. The number of likely N-dealkylation sites (N-methyl/N-ethyl adjacent to an activating group) is 1. The Morgan fingerprint density at radius 2 is 1.75 bits per heavy atom. The number of piperidine rings is 1. The zero-order chi connectivity index (χ0) is 19.9. The number of morpholine rings is 1. The highest BCUT2D eigenvalue weighted by atomic mass is 16.6. The number of carbonyl (C=O) groups is 2. The molecule has 3 aliphatic heterocycles. The molecule has 0 radical (unpaired) electrons. The van der Waals surface area contributed by atoms with E-state index in [1.807, 2.05) is 25.1 Å². The fraction of sp³-hybridized carbons (Fsp3) is 0.636. The topological polar surface area (TPSA) is 65.1 Å². The largest absolute Gasteiger partial charge is 0.465 e. The predicted molar refractivity (Wildman–Crippen MR) is 103 cm³/mol. The second kappa shape index (κ2) is 7.48. The van der Waals surface area contributed by atoms with Crippen molar-refractivity contribution in [3.63, 3.8) is 0 Å². The van der Waals surface area contributed by atoms with E-state index >= 15 is 0 Å². The van der Waals surface area contributed by atoms with Crippen molar-refractivity contribution in [2.75, 3.05) is 20.7 Å². The van der Waals surface area contributed by atoms with Crippen molar-refractivity contribution in [3.8, 4) is 0 Å². The molecular weight excluding hydrogens is 358 g/mol. The van der Waals surface area contributed by atoms with E-state index in [0.717, 1.165) is 30.2 Å². The first-order chi connectivity index (χ1) is 13.4. The van der Waals surface area contributed by atoms with Crippen LogP contribution in [0.25, 0.3) is 0 Å². The number of nitrogens with zero attached hydrogens (tertiary/aromatic N) is 1. The Kier molecular flexibility index (Phi) is 5.19. The van der Waals surface area contributed by atoms with E-state index in [2.05, 4.69) is 14.1 Å². The van der Waals surface area contributed by atoms with E-state index in [-0.39, 0.29) is 6.10 Å². The summed E-state index contributed by atoms with van der Waals surface area (Å²) in [6, 6.07) is 9.77. The Labute approximate surface area is 166 Å². The molecule has 28 heavy (non-hydrogen) atoms. The van der Waals surface area contributed by atoms with Gasteiger partial charge in [0.25, 0.3) is 0 Å². The zero-order valence-electron chi connectivity index (χ0n) is 16.9. The molecule has 3 aliphatic rings. The fourth-order valence-electron chi connectivity index (χ4n) is 4.95. The predicted octanol–water partition coefficient (Wildman–Crippen LogP) is 2.41. The molecule has 1 aromatic carbocycles. The molecule has 1 aromatic rings. The normalized spacial score (nSPS) is 32.9. The minimum absolute atomic E-state index is 0.167. The first-order valence-electron chi connectivity index (χ1n) is 10.3. The second-order valence-corrected chi connectivity index (χ2v) is 8.72. The van der Waals surface area contributed by atoms with Crippen LogP contribution in [0.3, 0.4) is 0 Å². The van der Waals surface area contributed by atoms with Crippen molar-refractivity contribution in [2.45, 2.75) is 68.9 Å². The molecule has 0 aliphatic carbocycles. The Bertz CT molecular complexity index is 714. The molecule has 0 amide bonds. The summed E-state index contributed by atoms with van der Waals surface area (Å²) in [6.45, 7) is 2.36. The number of rotatable bonds is 7. The quantitative estimate of drug-likeness (QED) is 0.236. The van der Waals surface area contributed by atoms with Gasteiger partial charge in [0, 0.05) is 12.8 Å². The number of hydrogen-bond donors (Lipinski definition) is 0. The van der Waals surface area contributed by atoms with Crippen LogP contribution in [0.4, 0.5) is 0 Å². The second-order valence-electron chi connectivity index (χ2n) is 8.72. The summed E-state index contributed by atoms with van der Waals surface area (Å²) in [7, 11) is 4.47. The van der Waals surface area contributed by atoms with Crippen molar-refractivity contribution < 1.29 is 28.3 Å². The van der Waals surface area contributed by atoms with Crippen LogP contribution >= 0.6 is 0 Å². The highest BCUT2D eigenvalue weighted by Gasteiger charge is 2.70. The summed E-state index contributed by atoms with van der Waals surface area (Å²) in [5.74, 6) is -2.05. The number of carbonyl (C=O) groups excluding carboxylic acids is 2. The van der Waals surface area contributed by atoms with E-state index in [9.17, 15) is 9.59 Å². The van der Waals surface area contributed by atoms with Crippen LogP contribution in [-0.4, -0.2) is 67.5 Å². The van der Waals surface area contributed by atoms with Gasteiger partial charge in [0.1, 0.15) is 30.4 Å². The van der Waals surface area contributed by atoms with Crippen LogP contribution in [-0.2, 0) is 23.8 Å². The smallest absolute Gasteiger partial charge is 0.325 e. The van der Waals surface area contributed by atoms with Gasteiger partial charge in [-0.15, -0.1) is 0 Å². The lowest BCUT2D eigenvalue weighted by Gasteiger charge is -2.45. The summed E-state index contributed by atoms with van der Waals surface area (Å²) in [5, 5.41) is 0. The van der Waals surface area contributed by atoms with E-state index in [1.165, 1.54) is 0 Å². The van der Waals surface area contributed by atoms with Crippen LogP contribution in [0.5, 0.6) is 0 Å². The highest BCUT2D eigenvalue weighted by Crippen LogP contribution is 2.51. The Morgan fingerprint density at radius 3 is 2.36 bits per heavy atom. The third-order valence-electron chi connectivity index (χ3n) is 6.67. The molecule has 6 nitrogen and oxygen atoms in total. The molecule has 0 N–H and O–H groups in total. The number of benzene rings is 1. The number of fused-ring (bicyclic) bond motifs is 5. The van der Waals surface area contributed by atoms with Crippen LogP contribution in [0.2, 0.25) is 0 Å². The molecule has 6 atom stereocenters. The lowest BCUT2D eigenvalue weighted by atomic mass is 9.95. The Hall–Kier alpha value is -1.92. The maximum absolute atomic E-state index is 13.0. The van der Waals surface area contributed by atoms with Gasteiger partial charge in [-0.3, -0.25) is 9.59 Å². The monoisotopic (exact) mass is 388 g/mol. The molecule has 0 spiro atoms. The van der Waals surface area contributed by atoms with Crippen LogP contribution in [0.15, 0.2) is 30.3 Å². The molecular formula is C22H30NO5+. The van der Waals surface area contributed by atoms with Gasteiger partial charge in [0.05, 0.1) is 20.7 Å². The van der Waals surface area contributed by atoms with Crippen molar-refractivity contribution in [1.82, 2.24) is 0 Å². The number of hydrogen-bond acceptors (Lipinski definition) is 5. The third kappa shape index (κ3) is 3.44. The summed E-state index contributed by atoms with van der Waals surface area (Å²) in [5.41, 5.74) is 0.620. The lowest BCUT2D eigenvalue weighted by molar-refractivity contribution is -0.938. The maximum Gasteiger partial charge on any atom is 0.325 e. The van der Waals surface area contributed by atoms with E-state index in [4.69, 9.17) is 14.2 Å². The van der Waals surface area contributed by atoms with Gasteiger partial charge in [-0.1, -0.05) is 43.7 Å². The first-order valence-corrected chi connectivity index (χ1v) is 10.3. The van der Waals surface area contributed by atoms with Crippen molar-refractivity contribution in [3.05, 3.63) is 35.9 Å². The SMILES string of the molecule is CCCCOC(=O)[C@H](C(=O)OC1C[C@@H]2[C@H]3O[C@H]3[C@H](C1)[N+]2(C)C)c1ccccc1. The Balaban J connectivity index is 1.45. The maximum atomic E-state index is 13.0. The molecule has 4 rings (SSSR count). The van der Waals surface area contributed by atoms with Crippen molar-refractivity contribution in [2.24, 2.45) is 0 Å². The van der Waals surface area contributed by atoms with E-state index in [1.54, 1.807) is 12.1 Å². The number of esters is 2.